The number of nitrogens with zero attached hydrogens (tertiary/aromatic N) is 1. The molecule has 4 heteroatoms. The van der Waals surface area contributed by atoms with Gasteiger partial charge in [0.15, 0.2) is 0 Å². The number of phenols is 1. The molecule has 1 aliphatic rings. The molecule has 0 atom stereocenters. The Morgan fingerprint density at radius 3 is 2.59 bits per heavy atom. The number of imide groups is 1. The molecular formula is C13H15NO3. The van der Waals surface area contributed by atoms with Crippen molar-refractivity contribution in [3.8, 4) is 5.75 Å². The summed E-state index contributed by atoms with van der Waals surface area (Å²) in [7, 11) is 0. The average molecular weight is 233 g/mol. The third-order valence-corrected chi connectivity index (χ3v) is 2.94. The molecule has 0 aromatic heterocycles. The van der Waals surface area contributed by atoms with Crippen LogP contribution in [-0.2, 0) is 16.0 Å². The summed E-state index contributed by atoms with van der Waals surface area (Å²) < 4.78 is 0. The first kappa shape index (κ1) is 11.6. The highest BCUT2D eigenvalue weighted by Gasteiger charge is 2.25. The van der Waals surface area contributed by atoms with E-state index in [2.05, 4.69) is 0 Å². The highest BCUT2D eigenvalue weighted by Crippen LogP contribution is 2.14. The van der Waals surface area contributed by atoms with Gasteiger partial charge >= 0.3 is 0 Å². The van der Waals surface area contributed by atoms with Crippen molar-refractivity contribution < 1.29 is 14.7 Å². The number of benzene rings is 1. The summed E-state index contributed by atoms with van der Waals surface area (Å²) in [4.78, 5) is 24.4. The predicted octanol–water partition coefficient (Wildman–Crippen LogP) is 1.47. The van der Waals surface area contributed by atoms with Crippen LogP contribution in [0.1, 0.15) is 24.8 Å². The smallest absolute Gasteiger partial charge is 0.229 e. The molecule has 1 heterocycles. The zero-order valence-corrected chi connectivity index (χ0v) is 9.56. The fourth-order valence-electron chi connectivity index (χ4n) is 1.96. The number of rotatable bonds is 3. The lowest BCUT2D eigenvalue weighted by Crippen LogP contribution is -2.31. The van der Waals surface area contributed by atoms with Gasteiger partial charge < -0.3 is 5.11 Å². The monoisotopic (exact) mass is 233 g/mol. The Bertz CT molecular complexity index is 425. The molecule has 1 aliphatic heterocycles. The Labute approximate surface area is 99.9 Å². The van der Waals surface area contributed by atoms with E-state index in [1.54, 1.807) is 24.3 Å². The van der Waals surface area contributed by atoms with E-state index < -0.39 is 0 Å². The molecule has 0 bridgehead atoms. The number of amides is 2. The van der Waals surface area contributed by atoms with Crippen LogP contribution in [0.15, 0.2) is 24.3 Å². The lowest BCUT2D eigenvalue weighted by atomic mass is 10.1. The lowest BCUT2D eigenvalue weighted by molar-refractivity contribution is -0.141. The van der Waals surface area contributed by atoms with Crippen LogP contribution < -0.4 is 0 Å². The lowest BCUT2D eigenvalue weighted by Gasteiger charge is -2.13. The molecule has 2 rings (SSSR count). The van der Waals surface area contributed by atoms with Crippen LogP contribution in [0, 0.1) is 0 Å². The molecule has 0 saturated carbocycles. The molecule has 0 aliphatic carbocycles. The van der Waals surface area contributed by atoms with Crippen LogP contribution in [0.2, 0.25) is 0 Å². The van der Waals surface area contributed by atoms with Gasteiger partial charge in [-0.2, -0.15) is 0 Å². The van der Waals surface area contributed by atoms with E-state index in [4.69, 9.17) is 5.11 Å². The Morgan fingerprint density at radius 1 is 1.29 bits per heavy atom. The standard InChI is InChI=1S/C13H15NO3/c15-11-6-3-10(4-7-11)5-8-13(17)14-9-1-2-12(14)16/h3-4,6-7,15H,1-2,5,8-9H2. The van der Waals surface area contributed by atoms with Crippen LogP contribution in [-0.4, -0.2) is 28.4 Å². The van der Waals surface area contributed by atoms with E-state index in [9.17, 15) is 9.59 Å². The molecule has 1 saturated heterocycles. The molecule has 1 aromatic carbocycles. The van der Waals surface area contributed by atoms with Crippen molar-refractivity contribution in [1.82, 2.24) is 4.90 Å². The summed E-state index contributed by atoms with van der Waals surface area (Å²) in [6.07, 6.45) is 2.22. The van der Waals surface area contributed by atoms with Crippen LogP contribution in [0.5, 0.6) is 5.75 Å². The first-order chi connectivity index (χ1) is 8.16. The van der Waals surface area contributed by atoms with E-state index in [0.717, 1.165) is 12.0 Å². The van der Waals surface area contributed by atoms with Crippen LogP contribution >= 0.6 is 0 Å². The third kappa shape index (κ3) is 2.84. The molecule has 4 nitrogen and oxygen atoms in total. The van der Waals surface area contributed by atoms with Crippen molar-refractivity contribution >= 4 is 11.8 Å². The molecule has 1 fully saturated rings. The predicted molar refractivity (Wildman–Crippen MR) is 62.4 cm³/mol. The normalized spacial score (nSPS) is 15.3. The highest BCUT2D eigenvalue weighted by atomic mass is 16.3. The van der Waals surface area contributed by atoms with Crippen molar-refractivity contribution in [3.63, 3.8) is 0 Å². The van der Waals surface area contributed by atoms with Gasteiger partial charge in [0.05, 0.1) is 0 Å². The zero-order valence-electron chi connectivity index (χ0n) is 9.56. The Hall–Kier alpha value is -1.84. The van der Waals surface area contributed by atoms with E-state index >= 15 is 0 Å². The molecule has 2 amide bonds. The Morgan fingerprint density at radius 2 is 2.00 bits per heavy atom. The minimum absolute atomic E-state index is 0.0549. The molecular weight excluding hydrogens is 218 g/mol. The van der Waals surface area contributed by atoms with E-state index in [1.165, 1.54) is 4.90 Å². The number of aryl methyl sites for hydroxylation is 1. The van der Waals surface area contributed by atoms with Gasteiger partial charge in [0.1, 0.15) is 5.75 Å². The summed E-state index contributed by atoms with van der Waals surface area (Å²) in [5.74, 6) is 0.0658. The number of phenolic OH excluding ortho intramolecular Hbond substituents is 1. The van der Waals surface area contributed by atoms with Crippen molar-refractivity contribution in [2.75, 3.05) is 6.54 Å². The summed E-state index contributed by atoms with van der Waals surface area (Å²) in [6, 6.07) is 6.77. The maximum absolute atomic E-state index is 11.8. The minimum Gasteiger partial charge on any atom is -0.508 e. The number of aromatic hydroxyl groups is 1. The topological polar surface area (TPSA) is 57.6 Å². The molecule has 17 heavy (non-hydrogen) atoms. The van der Waals surface area contributed by atoms with Crippen molar-refractivity contribution in [2.45, 2.75) is 25.7 Å². The molecule has 0 spiro atoms. The highest BCUT2D eigenvalue weighted by molar-refractivity contribution is 5.96. The van der Waals surface area contributed by atoms with E-state index in [-0.39, 0.29) is 17.6 Å². The van der Waals surface area contributed by atoms with E-state index in [1.807, 2.05) is 0 Å². The maximum Gasteiger partial charge on any atom is 0.229 e. The van der Waals surface area contributed by atoms with Crippen LogP contribution in [0.25, 0.3) is 0 Å². The number of carbonyl (C=O) groups excluding carboxylic acids is 2. The quantitative estimate of drug-likeness (QED) is 0.860. The third-order valence-electron chi connectivity index (χ3n) is 2.94. The number of hydrogen-bond acceptors (Lipinski definition) is 3. The summed E-state index contributed by atoms with van der Waals surface area (Å²) in [5, 5.41) is 9.12. The average Bonchev–Trinajstić information content (AvgIpc) is 2.74. The van der Waals surface area contributed by atoms with Gasteiger partial charge in [-0.1, -0.05) is 12.1 Å². The van der Waals surface area contributed by atoms with Crippen molar-refractivity contribution in [1.29, 1.82) is 0 Å². The molecule has 0 radical (unpaired) electrons. The fraction of sp³-hybridized carbons (Fsp3) is 0.385. The number of likely N-dealkylation sites (tertiary alicyclic amines) is 1. The second-order valence-electron chi connectivity index (χ2n) is 4.21. The molecule has 90 valence electrons. The van der Waals surface area contributed by atoms with Crippen molar-refractivity contribution in [2.24, 2.45) is 0 Å². The molecule has 1 N–H and O–H groups in total. The van der Waals surface area contributed by atoms with Gasteiger partial charge in [-0.3, -0.25) is 14.5 Å². The second-order valence-corrected chi connectivity index (χ2v) is 4.21. The SMILES string of the molecule is O=C1CCCN1C(=O)CCc1ccc(O)cc1. The maximum atomic E-state index is 11.8. The van der Waals surface area contributed by atoms with Crippen LogP contribution in [0.3, 0.4) is 0 Å². The summed E-state index contributed by atoms with van der Waals surface area (Å²) >= 11 is 0. The Balaban J connectivity index is 1.87. The Kier molecular flexibility index (Phi) is 3.42. The van der Waals surface area contributed by atoms with Crippen LogP contribution in [0.4, 0.5) is 0 Å². The van der Waals surface area contributed by atoms with Gasteiger partial charge in [-0.15, -0.1) is 0 Å². The molecule has 1 aromatic rings. The summed E-state index contributed by atoms with van der Waals surface area (Å²) in [5.41, 5.74) is 0.989. The first-order valence-electron chi connectivity index (χ1n) is 5.78. The number of carbonyl (C=O) groups is 2. The summed E-state index contributed by atoms with van der Waals surface area (Å²) in [6.45, 7) is 0.563. The minimum atomic E-state index is -0.0967. The molecule has 0 unspecified atom stereocenters. The zero-order chi connectivity index (χ0) is 12.3. The van der Waals surface area contributed by atoms with Gasteiger partial charge in [0.25, 0.3) is 0 Å². The van der Waals surface area contributed by atoms with Crippen molar-refractivity contribution in [3.05, 3.63) is 29.8 Å². The van der Waals surface area contributed by atoms with E-state index in [0.29, 0.717) is 25.8 Å². The van der Waals surface area contributed by atoms with Gasteiger partial charge in [0, 0.05) is 19.4 Å². The van der Waals surface area contributed by atoms with Gasteiger partial charge in [-0.25, -0.2) is 0 Å². The second kappa shape index (κ2) is 4.99. The fourth-order valence-corrected chi connectivity index (χ4v) is 1.96. The number of hydrogen-bond donors (Lipinski definition) is 1. The largest absolute Gasteiger partial charge is 0.508 e. The van der Waals surface area contributed by atoms with Gasteiger partial charge in [0.2, 0.25) is 11.8 Å². The van der Waals surface area contributed by atoms with Gasteiger partial charge in [-0.05, 0) is 30.5 Å². The first-order valence-corrected chi connectivity index (χ1v) is 5.78.